The lowest BCUT2D eigenvalue weighted by Gasteiger charge is -2.10. The number of carbonyl (C=O) groups is 1. The first kappa shape index (κ1) is 11.0. The van der Waals surface area contributed by atoms with Crippen molar-refractivity contribution in [2.45, 2.75) is 18.6 Å². The lowest BCUT2D eigenvalue weighted by Crippen LogP contribution is -2.35. The number of alkyl halides is 1. The molecule has 1 aliphatic heterocycles. The minimum Gasteiger partial charge on any atom is -0.325 e. The van der Waals surface area contributed by atoms with Crippen LogP contribution in [0.5, 0.6) is 0 Å². The fourth-order valence-corrected chi connectivity index (χ4v) is 1.69. The molecule has 0 aromatic heterocycles. The Bertz CT molecular complexity index is 397. The largest absolute Gasteiger partial charge is 0.325 e. The van der Waals surface area contributed by atoms with Crippen LogP contribution in [0.2, 0.25) is 0 Å². The highest BCUT2D eigenvalue weighted by Crippen LogP contribution is 2.14. The maximum Gasteiger partial charge on any atom is 0.241 e. The smallest absolute Gasteiger partial charge is 0.241 e. The number of halogens is 2. The van der Waals surface area contributed by atoms with Crippen molar-refractivity contribution in [3.05, 3.63) is 30.1 Å². The van der Waals surface area contributed by atoms with Crippen LogP contribution in [0.15, 0.2) is 24.3 Å². The summed E-state index contributed by atoms with van der Waals surface area (Å²) in [6.07, 6.45) is -0.815. The summed E-state index contributed by atoms with van der Waals surface area (Å²) in [5, 5.41) is 5.30. The number of hydrogen-bond acceptors (Lipinski definition) is 2. The Hall–Kier alpha value is -1.49. The third-order valence-electron chi connectivity index (χ3n) is 2.49. The molecule has 1 amide bonds. The Morgan fingerprint density at radius 3 is 2.94 bits per heavy atom. The van der Waals surface area contributed by atoms with Gasteiger partial charge in [-0.2, -0.15) is 0 Å². The van der Waals surface area contributed by atoms with Crippen molar-refractivity contribution in [3.63, 3.8) is 0 Å². The second-order valence-electron chi connectivity index (χ2n) is 3.79. The highest BCUT2D eigenvalue weighted by Gasteiger charge is 2.29. The zero-order valence-electron chi connectivity index (χ0n) is 8.54. The SMILES string of the molecule is O=C(Nc1cccc(F)c1)[C@H]1C[C@H](F)CN1. The molecule has 1 aromatic rings. The maximum absolute atomic E-state index is 12.8. The molecule has 1 fully saturated rings. The Labute approximate surface area is 91.8 Å². The summed E-state index contributed by atoms with van der Waals surface area (Å²) in [5.74, 6) is -0.744. The van der Waals surface area contributed by atoms with E-state index in [2.05, 4.69) is 10.6 Å². The highest BCUT2D eigenvalue weighted by atomic mass is 19.1. The van der Waals surface area contributed by atoms with E-state index in [1.54, 1.807) is 6.07 Å². The molecule has 0 saturated carbocycles. The summed E-state index contributed by atoms with van der Waals surface area (Å²) in [5.41, 5.74) is 0.383. The van der Waals surface area contributed by atoms with Gasteiger partial charge in [-0.1, -0.05) is 6.07 Å². The Balaban J connectivity index is 1.97. The minimum atomic E-state index is -0.983. The van der Waals surface area contributed by atoms with Gasteiger partial charge in [0.25, 0.3) is 0 Å². The van der Waals surface area contributed by atoms with Crippen LogP contribution in [0.1, 0.15) is 6.42 Å². The van der Waals surface area contributed by atoms with Crippen molar-refractivity contribution >= 4 is 11.6 Å². The van der Waals surface area contributed by atoms with Gasteiger partial charge in [0.05, 0.1) is 6.04 Å². The monoisotopic (exact) mass is 226 g/mol. The predicted molar refractivity (Wildman–Crippen MR) is 56.3 cm³/mol. The van der Waals surface area contributed by atoms with Crippen LogP contribution in [-0.2, 0) is 4.79 Å². The van der Waals surface area contributed by atoms with Crippen LogP contribution in [0.25, 0.3) is 0 Å². The van der Waals surface area contributed by atoms with E-state index in [4.69, 9.17) is 0 Å². The van der Waals surface area contributed by atoms with Crippen LogP contribution in [0, 0.1) is 5.82 Å². The quantitative estimate of drug-likeness (QED) is 0.801. The second kappa shape index (κ2) is 4.57. The van der Waals surface area contributed by atoms with Crippen LogP contribution in [0.3, 0.4) is 0 Å². The van der Waals surface area contributed by atoms with E-state index in [0.717, 1.165) is 0 Å². The Morgan fingerprint density at radius 2 is 2.31 bits per heavy atom. The molecule has 5 heteroatoms. The van der Waals surface area contributed by atoms with Crippen LogP contribution in [0.4, 0.5) is 14.5 Å². The lowest BCUT2D eigenvalue weighted by atomic mass is 10.2. The minimum absolute atomic E-state index is 0.168. The summed E-state index contributed by atoms with van der Waals surface area (Å²) in [7, 11) is 0. The topological polar surface area (TPSA) is 41.1 Å². The molecular formula is C11H12F2N2O. The average Bonchev–Trinajstić information content (AvgIpc) is 2.65. The normalized spacial score (nSPS) is 24.4. The summed E-state index contributed by atoms with van der Waals surface area (Å²) in [6, 6.07) is 5.08. The van der Waals surface area contributed by atoms with Crippen LogP contribution in [-0.4, -0.2) is 24.7 Å². The fourth-order valence-electron chi connectivity index (χ4n) is 1.69. The van der Waals surface area contributed by atoms with Gasteiger partial charge in [-0.3, -0.25) is 4.79 Å². The molecule has 86 valence electrons. The molecular weight excluding hydrogens is 214 g/mol. The van der Waals surface area contributed by atoms with E-state index in [-0.39, 0.29) is 18.9 Å². The number of carbonyl (C=O) groups excluding carboxylic acids is 1. The Morgan fingerprint density at radius 1 is 1.50 bits per heavy atom. The summed E-state index contributed by atoms with van der Waals surface area (Å²) < 4.78 is 25.7. The molecule has 1 aliphatic rings. The van der Waals surface area contributed by atoms with Crippen molar-refractivity contribution in [1.29, 1.82) is 0 Å². The number of rotatable bonds is 2. The molecule has 1 heterocycles. The number of nitrogens with one attached hydrogen (secondary N) is 2. The number of anilines is 1. The van der Waals surface area contributed by atoms with Crippen molar-refractivity contribution in [3.8, 4) is 0 Å². The van der Waals surface area contributed by atoms with Crippen molar-refractivity contribution in [2.24, 2.45) is 0 Å². The molecule has 0 bridgehead atoms. The van der Waals surface area contributed by atoms with Crippen molar-refractivity contribution in [1.82, 2.24) is 5.32 Å². The predicted octanol–water partition coefficient (Wildman–Crippen LogP) is 1.46. The average molecular weight is 226 g/mol. The molecule has 0 aliphatic carbocycles. The number of benzene rings is 1. The van der Waals surface area contributed by atoms with E-state index in [1.165, 1.54) is 18.2 Å². The highest BCUT2D eigenvalue weighted by molar-refractivity contribution is 5.95. The number of amides is 1. The van der Waals surface area contributed by atoms with E-state index in [9.17, 15) is 13.6 Å². The van der Waals surface area contributed by atoms with Gasteiger partial charge in [0.2, 0.25) is 5.91 Å². The molecule has 1 aromatic carbocycles. The van der Waals surface area contributed by atoms with Gasteiger partial charge in [-0.15, -0.1) is 0 Å². The first-order valence-corrected chi connectivity index (χ1v) is 5.09. The van der Waals surface area contributed by atoms with Crippen molar-refractivity contribution < 1.29 is 13.6 Å². The lowest BCUT2D eigenvalue weighted by molar-refractivity contribution is -0.117. The first-order chi connectivity index (χ1) is 7.65. The maximum atomic E-state index is 12.8. The third kappa shape index (κ3) is 2.55. The molecule has 3 nitrogen and oxygen atoms in total. The summed E-state index contributed by atoms with van der Waals surface area (Å²) >= 11 is 0. The number of hydrogen-bond donors (Lipinski definition) is 2. The molecule has 0 radical (unpaired) electrons. The fraction of sp³-hybridized carbons (Fsp3) is 0.364. The van der Waals surface area contributed by atoms with Gasteiger partial charge >= 0.3 is 0 Å². The van der Waals surface area contributed by atoms with Crippen molar-refractivity contribution in [2.75, 3.05) is 11.9 Å². The third-order valence-corrected chi connectivity index (χ3v) is 2.49. The molecule has 1 saturated heterocycles. The first-order valence-electron chi connectivity index (χ1n) is 5.09. The molecule has 16 heavy (non-hydrogen) atoms. The Kier molecular flexibility index (Phi) is 3.14. The van der Waals surface area contributed by atoms with E-state index < -0.39 is 18.0 Å². The molecule has 2 N–H and O–H groups in total. The summed E-state index contributed by atoms with van der Waals surface area (Å²) in [6.45, 7) is 0.196. The van der Waals surface area contributed by atoms with Gasteiger partial charge in [-0.05, 0) is 18.2 Å². The molecule has 2 atom stereocenters. The van der Waals surface area contributed by atoms with E-state index in [1.807, 2.05) is 0 Å². The van der Waals surface area contributed by atoms with Crippen LogP contribution < -0.4 is 10.6 Å². The van der Waals surface area contributed by atoms with Gasteiger partial charge in [-0.25, -0.2) is 8.78 Å². The standard InChI is InChI=1S/C11H12F2N2O/c12-7-2-1-3-9(4-7)15-11(16)10-5-8(13)6-14-10/h1-4,8,10,14H,5-6H2,(H,15,16)/t8-,10+/m0/s1. The zero-order valence-corrected chi connectivity index (χ0v) is 8.54. The van der Waals surface area contributed by atoms with E-state index in [0.29, 0.717) is 5.69 Å². The van der Waals surface area contributed by atoms with Crippen LogP contribution >= 0.6 is 0 Å². The van der Waals surface area contributed by atoms with Gasteiger partial charge in [0.1, 0.15) is 12.0 Å². The van der Waals surface area contributed by atoms with Gasteiger partial charge < -0.3 is 10.6 Å². The second-order valence-corrected chi connectivity index (χ2v) is 3.79. The molecule has 0 unspecified atom stereocenters. The molecule has 2 rings (SSSR count). The van der Waals surface area contributed by atoms with Gasteiger partial charge in [0.15, 0.2) is 0 Å². The zero-order chi connectivity index (χ0) is 11.5. The van der Waals surface area contributed by atoms with E-state index >= 15 is 0 Å². The summed E-state index contributed by atoms with van der Waals surface area (Å²) in [4.78, 5) is 11.6. The van der Waals surface area contributed by atoms with Gasteiger partial charge in [0, 0.05) is 18.7 Å². The molecule has 0 spiro atoms.